The Hall–Kier alpha value is -3.30. The molecule has 4 rings (SSSR count). The SMILES string of the molecule is CC(=O)NCC#Cc1c[nH]c2ncc(-c3cc(C)c(N4CCN(C)CC4)c(C)c3)cc12. The van der Waals surface area contributed by atoms with Crippen LogP contribution < -0.4 is 10.2 Å². The number of fused-ring (bicyclic) bond motifs is 1. The molecule has 31 heavy (non-hydrogen) atoms. The lowest BCUT2D eigenvalue weighted by Crippen LogP contribution is -2.45. The van der Waals surface area contributed by atoms with Crippen molar-refractivity contribution in [2.75, 3.05) is 44.7 Å². The van der Waals surface area contributed by atoms with Crippen LogP contribution in [0.25, 0.3) is 22.2 Å². The number of benzene rings is 1. The van der Waals surface area contributed by atoms with Crippen molar-refractivity contribution in [2.45, 2.75) is 20.8 Å². The van der Waals surface area contributed by atoms with E-state index in [-0.39, 0.29) is 5.91 Å². The average Bonchev–Trinajstić information content (AvgIpc) is 3.14. The van der Waals surface area contributed by atoms with Gasteiger partial charge in [0.15, 0.2) is 0 Å². The summed E-state index contributed by atoms with van der Waals surface area (Å²) in [5.74, 6) is 6.05. The first-order valence-electron chi connectivity index (χ1n) is 10.7. The fourth-order valence-electron chi connectivity index (χ4n) is 4.22. The molecule has 1 amide bonds. The molecule has 2 aromatic heterocycles. The number of aromatic nitrogens is 2. The van der Waals surface area contributed by atoms with E-state index in [2.05, 4.69) is 76.0 Å². The summed E-state index contributed by atoms with van der Waals surface area (Å²) in [4.78, 5) is 23.7. The number of pyridine rings is 1. The average molecular weight is 416 g/mol. The molecule has 6 heteroatoms. The van der Waals surface area contributed by atoms with Crippen LogP contribution in [-0.2, 0) is 4.79 Å². The summed E-state index contributed by atoms with van der Waals surface area (Å²) in [5, 5.41) is 3.69. The number of carbonyl (C=O) groups excluding carboxylic acids is 1. The number of hydrogen-bond acceptors (Lipinski definition) is 4. The number of piperazine rings is 1. The summed E-state index contributed by atoms with van der Waals surface area (Å²) in [6.07, 6.45) is 3.78. The summed E-state index contributed by atoms with van der Waals surface area (Å²) >= 11 is 0. The van der Waals surface area contributed by atoms with Gasteiger partial charge in [-0.15, -0.1) is 0 Å². The van der Waals surface area contributed by atoms with Gasteiger partial charge in [-0.2, -0.15) is 0 Å². The van der Waals surface area contributed by atoms with Crippen molar-refractivity contribution >= 4 is 22.6 Å². The number of rotatable bonds is 3. The monoisotopic (exact) mass is 415 g/mol. The molecule has 6 nitrogen and oxygen atoms in total. The van der Waals surface area contributed by atoms with Gasteiger partial charge >= 0.3 is 0 Å². The summed E-state index contributed by atoms with van der Waals surface area (Å²) in [6.45, 7) is 10.5. The van der Waals surface area contributed by atoms with Gasteiger partial charge in [-0.1, -0.05) is 11.8 Å². The van der Waals surface area contributed by atoms with E-state index in [9.17, 15) is 4.79 Å². The van der Waals surface area contributed by atoms with Gasteiger partial charge in [0.2, 0.25) is 5.91 Å². The third-order valence-electron chi connectivity index (χ3n) is 5.82. The van der Waals surface area contributed by atoms with Crippen molar-refractivity contribution in [3.8, 4) is 23.0 Å². The Morgan fingerprint density at radius 3 is 2.52 bits per heavy atom. The van der Waals surface area contributed by atoms with Crippen molar-refractivity contribution in [1.29, 1.82) is 0 Å². The fourth-order valence-corrected chi connectivity index (χ4v) is 4.22. The maximum atomic E-state index is 11.0. The van der Waals surface area contributed by atoms with Crippen molar-refractivity contribution in [2.24, 2.45) is 0 Å². The number of nitrogens with one attached hydrogen (secondary N) is 2. The number of hydrogen-bond donors (Lipinski definition) is 2. The van der Waals surface area contributed by atoms with E-state index >= 15 is 0 Å². The third-order valence-corrected chi connectivity index (χ3v) is 5.82. The number of nitrogens with zero attached hydrogens (tertiary/aromatic N) is 3. The third kappa shape index (κ3) is 4.57. The van der Waals surface area contributed by atoms with Crippen LogP contribution in [0.1, 0.15) is 23.6 Å². The first-order chi connectivity index (χ1) is 14.9. The van der Waals surface area contributed by atoms with Crippen molar-refractivity contribution < 1.29 is 4.79 Å². The number of H-pyrrole nitrogens is 1. The van der Waals surface area contributed by atoms with Crippen LogP contribution in [0.15, 0.2) is 30.6 Å². The number of anilines is 1. The Morgan fingerprint density at radius 2 is 1.84 bits per heavy atom. The summed E-state index contributed by atoms with van der Waals surface area (Å²) in [5.41, 5.74) is 7.89. The zero-order valence-corrected chi connectivity index (χ0v) is 18.7. The molecule has 1 aliphatic heterocycles. The van der Waals surface area contributed by atoms with E-state index in [1.54, 1.807) is 0 Å². The van der Waals surface area contributed by atoms with Crippen LogP contribution in [0.2, 0.25) is 0 Å². The second-order valence-corrected chi connectivity index (χ2v) is 8.28. The lowest BCUT2D eigenvalue weighted by molar-refractivity contribution is -0.118. The standard InChI is InChI=1S/C25H29N5O/c1-17-12-21(13-18(2)24(17)30-10-8-29(4)9-11-30)22-14-23-20(6-5-7-26-19(3)31)15-27-25(23)28-16-22/h12-16H,7-11H2,1-4H3,(H,26,31)(H,27,28). The minimum absolute atomic E-state index is 0.0806. The van der Waals surface area contributed by atoms with Gasteiger partial charge in [-0.05, 0) is 55.8 Å². The highest BCUT2D eigenvalue weighted by molar-refractivity contribution is 5.87. The van der Waals surface area contributed by atoms with Crippen LogP contribution in [0, 0.1) is 25.7 Å². The molecule has 1 saturated heterocycles. The molecule has 0 aliphatic carbocycles. The second-order valence-electron chi connectivity index (χ2n) is 8.28. The van der Waals surface area contributed by atoms with E-state index in [0.29, 0.717) is 6.54 Å². The summed E-state index contributed by atoms with van der Waals surface area (Å²) < 4.78 is 0. The van der Waals surface area contributed by atoms with Crippen LogP contribution in [0.3, 0.4) is 0 Å². The molecule has 0 unspecified atom stereocenters. The molecule has 0 spiro atoms. The first kappa shape index (κ1) is 21.0. The molecule has 1 aliphatic rings. The Labute approximate surface area is 183 Å². The van der Waals surface area contributed by atoms with Gasteiger partial charge in [0.1, 0.15) is 5.65 Å². The number of aromatic amines is 1. The highest BCUT2D eigenvalue weighted by Crippen LogP contribution is 2.32. The fraction of sp³-hybridized carbons (Fsp3) is 0.360. The van der Waals surface area contributed by atoms with Gasteiger partial charge in [-0.25, -0.2) is 4.98 Å². The zero-order valence-electron chi connectivity index (χ0n) is 18.7. The van der Waals surface area contributed by atoms with Gasteiger partial charge in [0, 0.05) is 62.1 Å². The predicted molar refractivity (Wildman–Crippen MR) is 126 cm³/mol. The Morgan fingerprint density at radius 1 is 1.13 bits per heavy atom. The minimum atomic E-state index is -0.0806. The van der Waals surface area contributed by atoms with E-state index < -0.39 is 0 Å². The quantitative estimate of drug-likeness (QED) is 0.646. The van der Waals surface area contributed by atoms with Crippen molar-refractivity contribution in [1.82, 2.24) is 20.2 Å². The lowest BCUT2D eigenvalue weighted by Gasteiger charge is -2.36. The molecule has 0 atom stereocenters. The number of aryl methyl sites for hydroxylation is 2. The number of carbonyl (C=O) groups is 1. The van der Waals surface area contributed by atoms with Crippen LogP contribution in [0.5, 0.6) is 0 Å². The second kappa shape index (κ2) is 8.83. The van der Waals surface area contributed by atoms with Crippen molar-refractivity contribution in [3.63, 3.8) is 0 Å². The Kier molecular flexibility index (Phi) is 5.97. The highest BCUT2D eigenvalue weighted by Gasteiger charge is 2.18. The van der Waals surface area contributed by atoms with Crippen LogP contribution in [-0.4, -0.2) is 60.5 Å². The van der Waals surface area contributed by atoms with Gasteiger partial charge in [0.25, 0.3) is 0 Å². The van der Waals surface area contributed by atoms with Crippen LogP contribution >= 0.6 is 0 Å². The molecular weight excluding hydrogens is 386 g/mol. The molecule has 3 heterocycles. The summed E-state index contributed by atoms with van der Waals surface area (Å²) in [6, 6.07) is 6.67. The Balaban J connectivity index is 1.64. The molecule has 2 N–H and O–H groups in total. The maximum Gasteiger partial charge on any atom is 0.217 e. The first-order valence-corrected chi connectivity index (χ1v) is 10.7. The maximum absolute atomic E-state index is 11.0. The zero-order chi connectivity index (χ0) is 22.0. The van der Waals surface area contributed by atoms with Crippen LogP contribution in [0.4, 0.5) is 5.69 Å². The Bertz CT molecular complexity index is 1150. The van der Waals surface area contributed by atoms with E-state index in [0.717, 1.165) is 48.3 Å². The molecule has 1 aromatic carbocycles. The van der Waals surface area contributed by atoms with Gasteiger partial charge in [0.05, 0.1) is 12.1 Å². The molecule has 3 aromatic rings. The predicted octanol–water partition coefficient (Wildman–Crippen LogP) is 3.09. The highest BCUT2D eigenvalue weighted by atomic mass is 16.1. The number of likely N-dealkylation sites (N-methyl/N-ethyl adjacent to an activating group) is 1. The minimum Gasteiger partial charge on any atom is -0.369 e. The van der Waals surface area contributed by atoms with E-state index in [1.807, 2.05) is 12.4 Å². The summed E-state index contributed by atoms with van der Waals surface area (Å²) in [7, 11) is 2.18. The lowest BCUT2D eigenvalue weighted by atomic mass is 9.98. The van der Waals surface area contributed by atoms with E-state index in [4.69, 9.17) is 0 Å². The molecule has 0 radical (unpaired) electrons. The molecule has 1 fully saturated rings. The largest absolute Gasteiger partial charge is 0.369 e. The molecule has 0 bridgehead atoms. The van der Waals surface area contributed by atoms with E-state index in [1.165, 1.54) is 29.3 Å². The smallest absolute Gasteiger partial charge is 0.217 e. The topological polar surface area (TPSA) is 64.3 Å². The molecule has 160 valence electrons. The van der Waals surface area contributed by atoms with Crippen molar-refractivity contribution in [3.05, 3.63) is 47.3 Å². The molecule has 0 saturated carbocycles. The molecular formula is C25H29N5O. The van der Waals surface area contributed by atoms with Gasteiger partial charge in [-0.3, -0.25) is 4.79 Å². The normalized spacial score (nSPS) is 14.4. The van der Waals surface area contributed by atoms with Gasteiger partial charge < -0.3 is 20.1 Å². The number of amides is 1.